The van der Waals surface area contributed by atoms with Crippen molar-refractivity contribution in [2.75, 3.05) is 5.32 Å². The molecular formula is C33H25NO. The largest absolute Gasteiger partial charge is 0.456 e. The molecule has 0 radical (unpaired) electrons. The molecule has 5 aromatic carbocycles. The Bertz CT molecular complexity index is 1750. The minimum absolute atomic E-state index is 0.0234. The first kappa shape index (κ1) is 20.1. The van der Waals surface area contributed by atoms with E-state index in [-0.39, 0.29) is 5.41 Å². The Balaban J connectivity index is 1.35. The molecule has 0 atom stereocenters. The van der Waals surface area contributed by atoms with Crippen LogP contribution in [0.1, 0.15) is 25.0 Å². The van der Waals surface area contributed by atoms with Crippen molar-refractivity contribution in [2.45, 2.75) is 19.3 Å². The van der Waals surface area contributed by atoms with Crippen LogP contribution in [0.15, 0.2) is 114 Å². The average molecular weight is 452 g/mol. The van der Waals surface area contributed by atoms with E-state index in [0.29, 0.717) is 0 Å². The van der Waals surface area contributed by atoms with Crippen LogP contribution in [0.3, 0.4) is 0 Å². The molecule has 0 spiro atoms. The number of nitrogens with one attached hydrogen (secondary N) is 1. The van der Waals surface area contributed by atoms with Gasteiger partial charge >= 0.3 is 0 Å². The molecule has 7 rings (SSSR count). The van der Waals surface area contributed by atoms with E-state index in [2.05, 4.69) is 116 Å². The van der Waals surface area contributed by atoms with E-state index in [9.17, 15) is 0 Å². The average Bonchev–Trinajstić information content (AvgIpc) is 3.38. The van der Waals surface area contributed by atoms with Crippen LogP contribution in [0.25, 0.3) is 44.2 Å². The second-order valence-corrected chi connectivity index (χ2v) is 9.88. The highest BCUT2D eigenvalue weighted by Crippen LogP contribution is 2.49. The van der Waals surface area contributed by atoms with E-state index in [1.165, 1.54) is 27.8 Å². The highest BCUT2D eigenvalue weighted by atomic mass is 16.3. The van der Waals surface area contributed by atoms with Crippen LogP contribution in [0.4, 0.5) is 11.4 Å². The van der Waals surface area contributed by atoms with Crippen LogP contribution < -0.4 is 5.32 Å². The zero-order valence-corrected chi connectivity index (χ0v) is 19.8. The van der Waals surface area contributed by atoms with E-state index in [4.69, 9.17) is 4.42 Å². The second-order valence-electron chi connectivity index (χ2n) is 9.88. The van der Waals surface area contributed by atoms with Crippen molar-refractivity contribution in [3.63, 3.8) is 0 Å². The Morgan fingerprint density at radius 3 is 2.17 bits per heavy atom. The molecule has 168 valence electrons. The van der Waals surface area contributed by atoms with Crippen molar-refractivity contribution in [2.24, 2.45) is 0 Å². The molecule has 0 saturated heterocycles. The van der Waals surface area contributed by atoms with Gasteiger partial charge in [-0.05, 0) is 58.1 Å². The minimum Gasteiger partial charge on any atom is -0.456 e. The quantitative estimate of drug-likeness (QED) is 0.290. The molecule has 6 aromatic rings. The number of fused-ring (bicyclic) bond motifs is 6. The third kappa shape index (κ3) is 2.96. The molecule has 1 N–H and O–H groups in total. The summed E-state index contributed by atoms with van der Waals surface area (Å²) in [5, 5.41) is 6.04. The van der Waals surface area contributed by atoms with Gasteiger partial charge in [0.2, 0.25) is 0 Å². The molecule has 1 aliphatic carbocycles. The Labute approximate surface area is 204 Å². The molecular weight excluding hydrogens is 426 g/mol. The highest BCUT2D eigenvalue weighted by molar-refractivity contribution is 6.13. The molecule has 0 aliphatic heterocycles. The standard InChI is InChI=1S/C33H25NO/c1-33(2)27-14-6-3-10-22(27)23-19-18-21(20-28(23)33)34-29-15-7-4-11-24(29)25-13-9-17-31-32(25)26-12-5-8-16-30(26)35-31/h3-20,34H,1-2H3. The van der Waals surface area contributed by atoms with Crippen molar-refractivity contribution >= 4 is 33.3 Å². The van der Waals surface area contributed by atoms with Gasteiger partial charge in [0.1, 0.15) is 11.2 Å². The molecule has 1 aliphatic rings. The maximum atomic E-state index is 6.16. The Morgan fingerprint density at radius 1 is 0.571 bits per heavy atom. The van der Waals surface area contributed by atoms with Gasteiger partial charge in [-0.1, -0.05) is 92.7 Å². The topological polar surface area (TPSA) is 25.2 Å². The van der Waals surface area contributed by atoms with Crippen molar-refractivity contribution in [1.82, 2.24) is 0 Å². The summed E-state index contributed by atoms with van der Waals surface area (Å²) in [6, 6.07) is 38.7. The predicted molar refractivity (Wildman–Crippen MR) is 146 cm³/mol. The zero-order valence-electron chi connectivity index (χ0n) is 19.8. The normalized spacial score (nSPS) is 13.7. The summed E-state index contributed by atoms with van der Waals surface area (Å²) in [5.41, 5.74) is 11.8. The van der Waals surface area contributed by atoms with E-state index in [1.54, 1.807) is 0 Å². The summed E-state index contributed by atoms with van der Waals surface area (Å²) < 4.78 is 6.16. The summed E-state index contributed by atoms with van der Waals surface area (Å²) in [4.78, 5) is 0. The van der Waals surface area contributed by atoms with Crippen molar-refractivity contribution in [3.8, 4) is 22.3 Å². The van der Waals surface area contributed by atoms with Crippen molar-refractivity contribution in [3.05, 3.63) is 120 Å². The van der Waals surface area contributed by atoms with E-state index < -0.39 is 0 Å². The molecule has 0 unspecified atom stereocenters. The van der Waals surface area contributed by atoms with E-state index >= 15 is 0 Å². The number of furan rings is 1. The molecule has 1 aromatic heterocycles. The summed E-state index contributed by atoms with van der Waals surface area (Å²) in [6.45, 7) is 4.64. The van der Waals surface area contributed by atoms with Crippen LogP contribution >= 0.6 is 0 Å². The van der Waals surface area contributed by atoms with Crippen molar-refractivity contribution < 1.29 is 4.42 Å². The fourth-order valence-corrected chi connectivity index (χ4v) is 5.76. The SMILES string of the molecule is CC1(C)c2ccccc2-c2ccc(Nc3ccccc3-c3cccc4oc5ccccc5c34)cc21. The Hall–Kier alpha value is -4.30. The fourth-order valence-electron chi connectivity index (χ4n) is 5.76. The first-order chi connectivity index (χ1) is 17.1. The Morgan fingerprint density at radius 2 is 1.26 bits per heavy atom. The zero-order chi connectivity index (χ0) is 23.6. The third-order valence-corrected chi connectivity index (χ3v) is 7.48. The number of para-hydroxylation sites is 2. The summed E-state index contributed by atoms with van der Waals surface area (Å²) in [6.07, 6.45) is 0. The second kappa shape index (κ2) is 7.35. The van der Waals surface area contributed by atoms with Gasteiger partial charge in [0, 0.05) is 33.1 Å². The van der Waals surface area contributed by atoms with Crippen LogP contribution in [-0.4, -0.2) is 0 Å². The maximum Gasteiger partial charge on any atom is 0.136 e. The first-order valence-corrected chi connectivity index (χ1v) is 12.1. The van der Waals surface area contributed by atoms with Crippen LogP contribution in [-0.2, 0) is 5.41 Å². The maximum absolute atomic E-state index is 6.16. The number of benzene rings is 5. The van der Waals surface area contributed by atoms with Crippen LogP contribution in [0.5, 0.6) is 0 Å². The molecule has 0 amide bonds. The molecule has 0 saturated carbocycles. The van der Waals surface area contributed by atoms with Crippen LogP contribution in [0, 0.1) is 0 Å². The molecule has 2 nitrogen and oxygen atoms in total. The molecule has 1 heterocycles. The number of anilines is 2. The van der Waals surface area contributed by atoms with Gasteiger partial charge in [-0.25, -0.2) is 0 Å². The number of hydrogen-bond acceptors (Lipinski definition) is 2. The monoisotopic (exact) mass is 451 g/mol. The molecule has 35 heavy (non-hydrogen) atoms. The summed E-state index contributed by atoms with van der Waals surface area (Å²) >= 11 is 0. The Kier molecular flexibility index (Phi) is 4.22. The first-order valence-electron chi connectivity index (χ1n) is 12.1. The van der Waals surface area contributed by atoms with Crippen molar-refractivity contribution in [1.29, 1.82) is 0 Å². The molecule has 2 heteroatoms. The fraction of sp³-hybridized carbons (Fsp3) is 0.0909. The van der Waals surface area contributed by atoms with Gasteiger partial charge in [0.25, 0.3) is 0 Å². The lowest BCUT2D eigenvalue weighted by atomic mass is 9.82. The van der Waals surface area contributed by atoms with Gasteiger partial charge in [-0.2, -0.15) is 0 Å². The van der Waals surface area contributed by atoms with Gasteiger partial charge < -0.3 is 9.73 Å². The minimum atomic E-state index is -0.0234. The van der Waals surface area contributed by atoms with Crippen LogP contribution in [0.2, 0.25) is 0 Å². The lowest BCUT2D eigenvalue weighted by Crippen LogP contribution is -2.15. The summed E-state index contributed by atoms with van der Waals surface area (Å²) in [5.74, 6) is 0. The number of rotatable bonds is 3. The highest BCUT2D eigenvalue weighted by Gasteiger charge is 2.35. The summed E-state index contributed by atoms with van der Waals surface area (Å²) in [7, 11) is 0. The van der Waals surface area contributed by atoms with Gasteiger partial charge in [0.05, 0.1) is 0 Å². The molecule has 0 fully saturated rings. The van der Waals surface area contributed by atoms with E-state index in [1.807, 2.05) is 12.1 Å². The lowest BCUT2D eigenvalue weighted by molar-refractivity contribution is 0.660. The van der Waals surface area contributed by atoms with E-state index in [0.717, 1.165) is 38.9 Å². The van der Waals surface area contributed by atoms with Gasteiger partial charge in [0.15, 0.2) is 0 Å². The predicted octanol–water partition coefficient (Wildman–Crippen LogP) is 9.30. The van der Waals surface area contributed by atoms with Gasteiger partial charge in [-0.15, -0.1) is 0 Å². The molecule has 0 bridgehead atoms. The van der Waals surface area contributed by atoms with Gasteiger partial charge in [-0.3, -0.25) is 0 Å². The number of hydrogen-bond donors (Lipinski definition) is 1. The smallest absolute Gasteiger partial charge is 0.136 e. The third-order valence-electron chi connectivity index (χ3n) is 7.48. The lowest BCUT2D eigenvalue weighted by Gasteiger charge is -2.22.